The van der Waals surface area contributed by atoms with Crippen molar-refractivity contribution in [2.75, 3.05) is 11.9 Å². The van der Waals surface area contributed by atoms with Crippen molar-refractivity contribution in [3.05, 3.63) is 52.8 Å². The molecular formula is C14H10ClN3O3. The number of rotatable bonds is 4. The van der Waals surface area contributed by atoms with Crippen molar-refractivity contribution in [2.45, 2.75) is 0 Å². The Balaban J connectivity index is 1.91. The number of hydrogen-bond acceptors (Lipinski definition) is 4. The van der Waals surface area contributed by atoms with E-state index >= 15 is 0 Å². The predicted molar refractivity (Wildman–Crippen MR) is 75.9 cm³/mol. The molecule has 0 aliphatic heterocycles. The molecule has 1 amide bonds. The Morgan fingerprint density at radius 1 is 1.38 bits per heavy atom. The molecule has 106 valence electrons. The minimum Gasteiger partial charge on any atom is -0.451 e. The van der Waals surface area contributed by atoms with Gasteiger partial charge < -0.3 is 15.0 Å². The molecule has 6 nitrogen and oxygen atoms in total. The summed E-state index contributed by atoms with van der Waals surface area (Å²) in [7, 11) is 0. The van der Waals surface area contributed by atoms with Crippen LogP contribution in [0.3, 0.4) is 0 Å². The number of nitrogens with zero attached hydrogens (tertiary/aromatic N) is 1. The molecule has 2 rings (SSSR count). The van der Waals surface area contributed by atoms with E-state index in [1.165, 1.54) is 12.3 Å². The Hall–Kier alpha value is -2.78. The van der Waals surface area contributed by atoms with E-state index in [1.807, 2.05) is 6.07 Å². The number of H-pyrrole nitrogens is 1. The highest BCUT2D eigenvalue weighted by Crippen LogP contribution is 2.13. The van der Waals surface area contributed by atoms with E-state index in [1.54, 1.807) is 24.3 Å². The zero-order valence-corrected chi connectivity index (χ0v) is 11.5. The third-order valence-corrected chi connectivity index (χ3v) is 2.74. The van der Waals surface area contributed by atoms with Gasteiger partial charge in [-0.25, -0.2) is 4.79 Å². The van der Waals surface area contributed by atoms with Crippen molar-refractivity contribution < 1.29 is 14.3 Å². The standard InChI is InChI=1S/C14H10ClN3O3/c15-10-5-12(17-7-10)14(20)21-8-13(19)18-11-4-2-1-3-9(11)6-16/h1-5,7,17H,8H2,(H,18,19). The number of amides is 1. The molecule has 1 aromatic heterocycles. The van der Waals surface area contributed by atoms with Gasteiger partial charge in [0.1, 0.15) is 11.8 Å². The van der Waals surface area contributed by atoms with Crippen molar-refractivity contribution in [3.63, 3.8) is 0 Å². The Bertz CT molecular complexity index is 718. The maximum Gasteiger partial charge on any atom is 0.355 e. The molecule has 0 fully saturated rings. The summed E-state index contributed by atoms with van der Waals surface area (Å²) in [5.74, 6) is -1.23. The number of aromatic amines is 1. The first-order valence-corrected chi connectivity index (χ1v) is 6.28. The van der Waals surface area contributed by atoms with Gasteiger partial charge in [0.15, 0.2) is 6.61 Å². The molecule has 7 heteroatoms. The van der Waals surface area contributed by atoms with Crippen LogP contribution in [0.5, 0.6) is 0 Å². The maximum absolute atomic E-state index is 11.7. The predicted octanol–water partition coefficient (Wildman–Crippen LogP) is 2.34. The van der Waals surface area contributed by atoms with E-state index in [-0.39, 0.29) is 5.69 Å². The van der Waals surface area contributed by atoms with E-state index in [0.29, 0.717) is 16.3 Å². The molecule has 0 aliphatic carbocycles. The largest absolute Gasteiger partial charge is 0.451 e. The third-order valence-electron chi connectivity index (χ3n) is 2.52. The van der Waals surface area contributed by atoms with Crippen molar-refractivity contribution in [3.8, 4) is 6.07 Å². The molecule has 0 bridgehead atoms. The number of hydrogen-bond donors (Lipinski definition) is 2. The van der Waals surface area contributed by atoms with Gasteiger partial charge in [-0.1, -0.05) is 23.7 Å². The molecule has 0 radical (unpaired) electrons. The zero-order valence-electron chi connectivity index (χ0n) is 10.7. The van der Waals surface area contributed by atoms with Crippen LogP contribution in [0.1, 0.15) is 16.1 Å². The van der Waals surface area contributed by atoms with Crippen LogP contribution in [-0.4, -0.2) is 23.5 Å². The number of carbonyl (C=O) groups is 2. The summed E-state index contributed by atoms with van der Waals surface area (Å²) in [6.45, 7) is -0.463. The summed E-state index contributed by atoms with van der Waals surface area (Å²) < 4.78 is 4.83. The van der Waals surface area contributed by atoms with Crippen LogP contribution in [-0.2, 0) is 9.53 Å². The first-order chi connectivity index (χ1) is 10.1. The average molecular weight is 304 g/mol. The molecular weight excluding hydrogens is 294 g/mol. The first kappa shape index (κ1) is 14.6. The van der Waals surface area contributed by atoms with Gasteiger partial charge in [0.25, 0.3) is 5.91 Å². The van der Waals surface area contributed by atoms with Crippen molar-refractivity contribution in [1.29, 1.82) is 5.26 Å². The number of halogens is 1. The van der Waals surface area contributed by atoms with Crippen LogP contribution < -0.4 is 5.32 Å². The lowest BCUT2D eigenvalue weighted by molar-refractivity contribution is -0.119. The molecule has 0 unspecified atom stereocenters. The Labute approximate surface area is 125 Å². The normalized spacial score (nSPS) is 9.71. The molecule has 0 saturated heterocycles. The molecule has 1 heterocycles. The number of aromatic nitrogens is 1. The fourth-order valence-corrected chi connectivity index (χ4v) is 1.73. The Morgan fingerprint density at radius 2 is 2.14 bits per heavy atom. The molecule has 0 atom stereocenters. The van der Waals surface area contributed by atoms with E-state index in [2.05, 4.69) is 10.3 Å². The van der Waals surface area contributed by atoms with Crippen LogP contribution >= 0.6 is 11.6 Å². The highest BCUT2D eigenvalue weighted by molar-refractivity contribution is 6.30. The number of anilines is 1. The van der Waals surface area contributed by atoms with Crippen molar-refractivity contribution >= 4 is 29.2 Å². The minimum atomic E-state index is -0.689. The van der Waals surface area contributed by atoms with E-state index < -0.39 is 18.5 Å². The number of esters is 1. The highest BCUT2D eigenvalue weighted by atomic mass is 35.5. The second kappa shape index (κ2) is 6.59. The summed E-state index contributed by atoms with van der Waals surface area (Å²) in [4.78, 5) is 25.9. The minimum absolute atomic E-state index is 0.158. The number of para-hydroxylation sites is 1. The second-order valence-corrected chi connectivity index (χ2v) is 4.45. The molecule has 0 spiro atoms. The van der Waals surface area contributed by atoms with Crippen LogP contribution in [0.2, 0.25) is 5.02 Å². The number of nitriles is 1. The summed E-state index contributed by atoms with van der Waals surface area (Å²) in [5.41, 5.74) is 0.850. The number of carbonyl (C=O) groups excluding carboxylic acids is 2. The second-order valence-electron chi connectivity index (χ2n) is 4.01. The van der Waals surface area contributed by atoms with Crippen molar-refractivity contribution in [2.24, 2.45) is 0 Å². The Kier molecular flexibility index (Phi) is 4.59. The van der Waals surface area contributed by atoms with Crippen LogP contribution in [0.15, 0.2) is 36.5 Å². The summed E-state index contributed by atoms with van der Waals surface area (Å²) in [6, 6.07) is 9.87. The van der Waals surface area contributed by atoms with Gasteiger partial charge >= 0.3 is 5.97 Å². The van der Waals surface area contributed by atoms with E-state index in [0.717, 1.165) is 0 Å². The summed E-state index contributed by atoms with van der Waals surface area (Å²) in [6.07, 6.45) is 1.43. The van der Waals surface area contributed by atoms with Gasteiger partial charge in [0.2, 0.25) is 0 Å². The summed E-state index contributed by atoms with van der Waals surface area (Å²) in [5, 5.41) is 11.8. The van der Waals surface area contributed by atoms with Gasteiger partial charge in [0, 0.05) is 6.20 Å². The molecule has 0 aliphatic rings. The monoisotopic (exact) mass is 303 g/mol. The first-order valence-electron chi connectivity index (χ1n) is 5.90. The SMILES string of the molecule is N#Cc1ccccc1NC(=O)COC(=O)c1cc(Cl)c[nH]1. The fraction of sp³-hybridized carbons (Fsp3) is 0.0714. The molecule has 1 aromatic carbocycles. The lowest BCUT2D eigenvalue weighted by Gasteiger charge is -2.07. The topological polar surface area (TPSA) is 95.0 Å². The van der Waals surface area contributed by atoms with Gasteiger partial charge in [0.05, 0.1) is 16.3 Å². The fourth-order valence-electron chi connectivity index (χ4n) is 1.57. The van der Waals surface area contributed by atoms with Gasteiger partial charge in [-0.05, 0) is 18.2 Å². The molecule has 2 N–H and O–H groups in total. The zero-order chi connectivity index (χ0) is 15.2. The van der Waals surface area contributed by atoms with E-state index in [4.69, 9.17) is 21.6 Å². The number of benzene rings is 1. The van der Waals surface area contributed by atoms with Gasteiger partial charge in [-0.3, -0.25) is 4.79 Å². The number of nitrogens with one attached hydrogen (secondary N) is 2. The smallest absolute Gasteiger partial charge is 0.355 e. The van der Waals surface area contributed by atoms with Gasteiger partial charge in [-0.2, -0.15) is 5.26 Å². The van der Waals surface area contributed by atoms with Gasteiger partial charge in [-0.15, -0.1) is 0 Å². The molecule has 2 aromatic rings. The maximum atomic E-state index is 11.7. The Morgan fingerprint density at radius 3 is 2.81 bits per heavy atom. The van der Waals surface area contributed by atoms with Crippen molar-refractivity contribution in [1.82, 2.24) is 4.98 Å². The molecule has 0 saturated carbocycles. The summed E-state index contributed by atoms with van der Waals surface area (Å²) >= 11 is 5.66. The third kappa shape index (κ3) is 3.84. The molecule has 21 heavy (non-hydrogen) atoms. The van der Waals surface area contributed by atoms with Crippen LogP contribution in [0.25, 0.3) is 0 Å². The van der Waals surface area contributed by atoms with Crippen LogP contribution in [0, 0.1) is 11.3 Å². The lowest BCUT2D eigenvalue weighted by atomic mass is 10.2. The quantitative estimate of drug-likeness (QED) is 0.847. The highest BCUT2D eigenvalue weighted by Gasteiger charge is 2.13. The van der Waals surface area contributed by atoms with E-state index in [9.17, 15) is 9.59 Å². The average Bonchev–Trinajstić information content (AvgIpc) is 2.92. The number of ether oxygens (including phenoxy) is 1. The van der Waals surface area contributed by atoms with Crippen LogP contribution in [0.4, 0.5) is 5.69 Å². The lowest BCUT2D eigenvalue weighted by Crippen LogP contribution is -2.21.